The second-order valence-electron chi connectivity index (χ2n) is 8.89. The van der Waals surface area contributed by atoms with E-state index in [2.05, 4.69) is 76.9 Å². The topological polar surface area (TPSA) is 32.3 Å². The lowest BCUT2D eigenvalue weighted by atomic mass is 9.68. The molecule has 0 aliphatic carbocycles. The predicted octanol–water partition coefficient (Wildman–Crippen LogP) is 4.87. The van der Waals surface area contributed by atoms with Crippen LogP contribution in [0.2, 0.25) is 0 Å². The summed E-state index contributed by atoms with van der Waals surface area (Å²) in [5.74, 6) is 0.788. The van der Waals surface area contributed by atoms with Crippen LogP contribution in [0.1, 0.15) is 47.4 Å². The molecule has 1 saturated heterocycles. The van der Waals surface area contributed by atoms with Gasteiger partial charge in [-0.25, -0.2) is 0 Å². The molecule has 1 atom stereocenters. The number of amides is 1. The van der Waals surface area contributed by atoms with Crippen LogP contribution in [-0.4, -0.2) is 30.4 Å². The predicted molar refractivity (Wildman–Crippen MR) is 125 cm³/mol. The van der Waals surface area contributed by atoms with Gasteiger partial charge in [0.2, 0.25) is 5.91 Å². The number of nitrogens with one attached hydrogen (secondary N) is 1. The van der Waals surface area contributed by atoms with Crippen LogP contribution in [0.15, 0.2) is 84.9 Å². The van der Waals surface area contributed by atoms with Crippen LogP contribution in [0.3, 0.4) is 0 Å². The summed E-state index contributed by atoms with van der Waals surface area (Å²) >= 11 is 0. The molecule has 31 heavy (non-hydrogen) atoms. The molecule has 5 rings (SSSR count). The number of carbonyl (C=O) groups excluding carboxylic acids is 1. The molecule has 3 aromatic rings. The lowest BCUT2D eigenvalue weighted by Crippen LogP contribution is -2.51. The Kier molecular flexibility index (Phi) is 5.61. The molecule has 1 amide bonds. The Morgan fingerprint density at radius 3 is 2.23 bits per heavy atom. The largest absolute Gasteiger partial charge is 0.351 e. The molecular formula is C28H30N2O. The first-order valence-electron chi connectivity index (χ1n) is 11.5. The monoisotopic (exact) mass is 410 g/mol. The van der Waals surface area contributed by atoms with Crippen molar-refractivity contribution in [2.24, 2.45) is 0 Å². The first kappa shape index (κ1) is 20.0. The van der Waals surface area contributed by atoms with Gasteiger partial charge in [-0.05, 0) is 67.1 Å². The molecule has 2 aliphatic rings. The molecule has 158 valence electrons. The zero-order chi connectivity index (χ0) is 21.1. The van der Waals surface area contributed by atoms with Gasteiger partial charge in [-0.3, -0.25) is 4.79 Å². The van der Waals surface area contributed by atoms with Crippen molar-refractivity contribution in [2.45, 2.75) is 37.1 Å². The molecule has 0 bridgehead atoms. The Bertz CT molecular complexity index is 1030. The smallest absolute Gasteiger partial charge is 0.235 e. The maximum atomic E-state index is 13.5. The average Bonchev–Trinajstić information content (AvgIpc) is 2.85. The van der Waals surface area contributed by atoms with E-state index in [-0.39, 0.29) is 5.91 Å². The van der Waals surface area contributed by atoms with Crippen molar-refractivity contribution in [3.8, 4) is 0 Å². The van der Waals surface area contributed by atoms with Crippen LogP contribution in [0.4, 0.5) is 0 Å². The number of hydrogen-bond acceptors (Lipinski definition) is 2. The van der Waals surface area contributed by atoms with Gasteiger partial charge in [0, 0.05) is 6.54 Å². The van der Waals surface area contributed by atoms with E-state index < -0.39 is 5.41 Å². The van der Waals surface area contributed by atoms with E-state index in [1.807, 2.05) is 18.2 Å². The van der Waals surface area contributed by atoms with Crippen LogP contribution in [0.25, 0.3) is 0 Å². The van der Waals surface area contributed by atoms with Gasteiger partial charge in [0.15, 0.2) is 0 Å². The summed E-state index contributed by atoms with van der Waals surface area (Å²) in [6, 6.07) is 29.7. The fourth-order valence-electron chi connectivity index (χ4n) is 5.48. The van der Waals surface area contributed by atoms with E-state index in [4.69, 9.17) is 0 Å². The maximum absolute atomic E-state index is 13.5. The lowest BCUT2D eigenvalue weighted by molar-refractivity contribution is -0.126. The molecule has 3 nitrogen and oxygen atoms in total. The molecule has 3 heteroatoms. The number of rotatable bonds is 5. The Morgan fingerprint density at radius 2 is 1.48 bits per heavy atom. The minimum Gasteiger partial charge on any atom is -0.351 e. The van der Waals surface area contributed by atoms with Gasteiger partial charge in [0.1, 0.15) is 5.41 Å². The highest BCUT2D eigenvalue weighted by atomic mass is 16.2. The third kappa shape index (κ3) is 3.79. The van der Waals surface area contributed by atoms with Gasteiger partial charge in [-0.2, -0.15) is 0 Å². The number of likely N-dealkylation sites (tertiary alicyclic amines) is 1. The SMILES string of the molecule is O=C1NCc2ccccc2C1(CCN1CCC(c2ccccc2)CC1)c1ccccc1. The Balaban J connectivity index is 1.37. The minimum absolute atomic E-state index is 0.136. The number of carbonyl (C=O) groups is 1. The molecule has 2 heterocycles. The van der Waals surface area contributed by atoms with Gasteiger partial charge in [0.05, 0.1) is 0 Å². The fraction of sp³-hybridized carbons (Fsp3) is 0.321. The number of piperidine rings is 1. The van der Waals surface area contributed by atoms with E-state index in [1.165, 1.54) is 29.5 Å². The Hall–Kier alpha value is -2.91. The summed E-state index contributed by atoms with van der Waals surface area (Å²) < 4.78 is 0. The average molecular weight is 411 g/mol. The quantitative estimate of drug-likeness (QED) is 0.651. The molecule has 0 aromatic heterocycles. The van der Waals surface area contributed by atoms with Crippen molar-refractivity contribution in [1.82, 2.24) is 10.2 Å². The Morgan fingerprint density at radius 1 is 0.839 bits per heavy atom. The first-order chi connectivity index (χ1) is 15.3. The van der Waals surface area contributed by atoms with E-state index >= 15 is 0 Å². The van der Waals surface area contributed by atoms with Crippen LogP contribution in [-0.2, 0) is 16.8 Å². The van der Waals surface area contributed by atoms with Crippen molar-refractivity contribution < 1.29 is 4.79 Å². The zero-order valence-electron chi connectivity index (χ0n) is 18.0. The lowest BCUT2D eigenvalue weighted by Gasteiger charge is -2.41. The summed E-state index contributed by atoms with van der Waals surface area (Å²) in [4.78, 5) is 16.0. The van der Waals surface area contributed by atoms with E-state index in [0.29, 0.717) is 12.5 Å². The number of hydrogen-bond donors (Lipinski definition) is 1. The molecule has 0 saturated carbocycles. The molecule has 0 spiro atoms. The van der Waals surface area contributed by atoms with Crippen molar-refractivity contribution in [3.05, 3.63) is 107 Å². The zero-order valence-corrected chi connectivity index (χ0v) is 18.0. The van der Waals surface area contributed by atoms with Gasteiger partial charge < -0.3 is 10.2 Å². The van der Waals surface area contributed by atoms with Crippen molar-refractivity contribution in [1.29, 1.82) is 0 Å². The minimum atomic E-state index is -0.619. The highest BCUT2D eigenvalue weighted by Gasteiger charge is 2.45. The molecule has 0 radical (unpaired) electrons. The first-order valence-corrected chi connectivity index (χ1v) is 11.5. The van der Waals surface area contributed by atoms with Gasteiger partial charge in [-0.1, -0.05) is 84.9 Å². The van der Waals surface area contributed by atoms with Gasteiger partial charge >= 0.3 is 0 Å². The molecule has 1 N–H and O–H groups in total. The standard InChI is InChI=1S/C28H30N2O/c31-27-28(25-12-5-2-6-13-25,26-14-8-7-11-24(26)21-29-27)17-20-30-18-15-23(16-19-30)22-9-3-1-4-10-22/h1-14,23H,15-21H2,(H,29,31). The summed E-state index contributed by atoms with van der Waals surface area (Å²) in [6.07, 6.45) is 3.17. The fourth-order valence-corrected chi connectivity index (χ4v) is 5.48. The van der Waals surface area contributed by atoms with Crippen molar-refractivity contribution in [2.75, 3.05) is 19.6 Å². The third-order valence-corrected chi connectivity index (χ3v) is 7.23. The van der Waals surface area contributed by atoms with Crippen molar-refractivity contribution in [3.63, 3.8) is 0 Å². The van der Waals surface area contributed by atoms with Crippen LogP contribution in [0.5, 0.6) is 0 Å². The second kappa shape index (κ2) is 8.68. The third-order valence-electron chi connectivity index (χ3n) is 7.23. The number of nitrogens with zero attached hydrogens (tertiary/aromatic N) is 1. The van der Waals surface area contributed by atoms with Gasteiger partial charge in [0.25, 0.3) is 0 Å². The highest BCUT2D eigenvalue weighted by molar-refractivity contribution is 5.94. The summed E-state index contributed by atoms with van der Waals surface area (Å²) in [6.45, 7) is 3.73. The number of benzene rings is 3. The van der Waals surface area contributed by atoms with E-state index in [0.717, 1.165) is 31.6 Å². The summed E-state index contributed by atoms with van der Waals surface area (Å²) in [5.41, 5.74) is 4.34. The van der Waals surface area contributed by atoms with Crippen molar-refractivity contribution >= 4 is 5.91 Å². The molecule has 1 fully saturated rings. The van der Waals surface area contributed by atoms with Crippen LogP contribution < -0.4 is 5.32 Å². The molecular weight excluding hydrogens is 380 g/mol. The summed E-state index contributed by atoms with van der Waals surface area (Å²) in [7, 11) is 0. The Labute approximate surface area is 185 Å². The van der Waals surface area contributed by atoms with Crippen LogP contribution in [0, 0.1) is 0 Å². The molecule has 3 aromatic carbocycles. The van der Waals surface area contributed by atoms with E-state index in [1.54, 1.807) is 0 Å². The summed E-state index contributed by atoms with van der Waals surface area (Å²) in [5, 5.41) is 3.19. The van der Waals surface area contributed by atoms with Crippen LogP contribution >= 0.6 is 0 Å². The van der Waals surface area contributed by atoms with E-state index in [9.17, 15) is 4.79 Å². The maximum Gasteiger partial charge on any atom is 0.235 e. The van der Waals surface area contributed by atoms with Gasteiger partial charge in [-0.15, -0.1) is 0 Å². The second-order valence-corrected chi connectivity index (χ2v) is 8.89. The normalized spacial score (nSPS) is 22.0. The highest BCUT2D eigenvalue weighted by Crippen LogP contribution is 2.41. The molecule has 1 unspecified atom stereocenters. The molecule has 2 aliphatic heterocycles. The number of fused-ring (bicyclic) bond motifs is 1.